The van der Waals surface area contributed by atoms with Gasteiger partial charge in [-0.2, -0.15) is 0 Å². The summed E-state index contributed by atoms with van der Waals surface area (Å²) in [6.45, 7) is 3.53. The zero-order valence-electron chi connectivity index (χ0n) is 13.7. The second-order valence-corrected chi connectivity index (χ2v) is 5.91. The molecule has 0 aliphatic carbocycles. The Labute approximate surface area is 155 Å². The lowest BCUT2D eigenvalue weighted by atomic mass is 10.2. The number of carbonyl (C=O) groups excluding carboxylic acids is 2. The van der Waals surface area contributed by atoms with Gasteiger partial charge in [-0.3, -0.25) is 4.79 Å². The normalized spacial score (nSPS) is 11.5. The standard InChI is InChI=1S/C18H17Cl2NO4/c1-3-24-18(23)13-10-12(8-9-14(13)19)21-17(22)11(2)25-16-7-5-4-6-15(16)20/h4-11H,3H2,1-2H3,(H,21,22)/t11-/m0/s1. The van der Waals surface area contributed by atoms with E-state index >= 15 is 0 Å². The molecule has 0 fully saturated rings. The van der Waals surface area contributed by atoms with Crippen molar-refractivity contribution in [2.24, 2.45) is 0 Å². The molecule has 132 valence electrons. The van der Waals surface area contributed by atoms with Crippen LogP contribution in [0, 0.1) is 0 Å². The van der Waals surface area contributed by atoms with Crippen LogP contribution in [0.3, 0.4) is 0 Å². The highest BCUT2D eigenvalue weighted by Gasteiger charge is 2.18. The van der Waals surface area contributed by atoms with Crippen LogP contribution in [0.4, 0.5) is 5.69 Å². The third kappa shape index (κ3) is 5.11. The van der Waals surface area contributed by atoms with Crippen LogP contribution in [0.2, 0.25) is 10.0 Å². The summed E-state index contributed by atoms with van der Waals surface area (Å²) < 4.78 is 10.5. The third-order valence-corrected chi connectivity index (χ3v) is 3.88. The van der Waals surface area contributed by atoms with E-state index in [1.807, 2.05) is 0 Å². The number of rotatable bonds is 6. The van der Waals surface area contributed by atoms with Crippen molar-refractivity contribution in [3.05, 3.63) is 58.1 Å². The molecular formula is C18H17Cl2NO4. The van der Waals surface area contributed by atoms with E-state index in [0.29, 0.717) is 16.5 Å². The van der Waals surface area contributed by atoms with Gasteiger partial charge in [-0.1, -0.05) is 35.3 Å². The highest BCUT2D eigenvalue weighted by Crippen LogP contribution is 2.25. The minimum Gasteiger partial charge on any atom is -0.479 e. The van der Waals surface area contributed by atoms with E-state index in [9.17, 15) is 9.59 Å². The molecule has 0 radical (unpaired) electrons. The number of hydrogen-bond donors (Lipinski definition) is 1. The Morgan fingerprint density at radius 1 is 1.12 bits per heavy atom. The molecule has 0 spiro atoms. The van der Waals surface area contributed by atoms with Crippen molar-refractivity contribution in [2.45, 2.75) is 20.0 Å². The molecular weight excluding hydrogens is 365 g/mol. The Hall–Kier alpha value is -2.24. The summed E-state index contributed by atoms with van der Waals surface area (Å²) in [4.78, 5) is 24.1. The van der Waals surface area contributed by atoms with Gasteiger partial charge in [0.15, 0.2) is 6.10 Å². The molecule has 2 aromatic rings. The van der Waals surface area contributed by atoms with E-state index in [2.05, 4.69) is 5.32 Å². The van der Waals surface area contributed by atoms with Crippen molar-refractivity contribution in [1.82, 2.24) is 0 Å². The molecule has 1 N–H and O–H groups in total. The van der Waals surface area contributed by atoms with Crippen LogP contribution in [-0.4, -0.2) is 24.6 Å². The van der Waals surface area contributed by atoms with E-state index in [0.717, 1.165) is 0 Å². The van der Waals surface area contributed by atoms with Crippen molar-refractivity contribution in [1.29, 1.82) is 0 Å². The second kappa shape index (κ2) is 8.74. The Kier molecular flexibility index (Phi) is 6.67. The van der Waals surface area contributed by atoms with Gasteiger partial charge in [-0.15, -0.1) is 0 Å². The fraction of sp³-hybridized carbons (Fsp3) is 0.222. The number of halogens is 2. The molecule has 2 rings (SSSR count). The van der Waals surface area contributed by atoms with Crippen LogP contribution in [0.15, 0.2) is 42.5 Å². The molecule has 0 saturated heterocycles. The quantitative estimate of drug-likeness (QED) is 0.743. The van der Waals surface area contributed by atoms with Crippen molar-refractivity contribution >= 4 is 40.8 Å². The number of hydrogen-bond acceptors (Lipinski definition) is 4. The molecule has 0 saturated carbocycles. The zero-order chi connectivity index (χ0) is 18.4. The minimum absolute atomic E-state index is 0.181. The number of benzene rings is 2. The Bertz CT molecular complexity index is 779. The molecule has 1 atom stereocenters. The van der Waals surface area contributed by atoms with Gasteiger partial charge in [0.1, 0.15) is 5.75 Å². The molecule has 7 heteroatoms. The van der Waals surface area contributed by atoms with Crippen LogP contribution in [0.25, 0.3) is 0 Å². The second-order valence-electron chi connectivity index (χ2n) is 5.09. The first-order chi connectivity index (χ1) is 11.9. The molecule has 1 amide bonds. The monoisotopic (exact) mass is 381 g/mol. The molecule has 0 aliphatic rings. The van der Waals surface area contributed by atoms with Crippen LogP contribution in [0.1, 0.15) is 24.2 Å². The fourth-order valence-electron chi connectivity index (χ4n) is 2.00. The van der Waals surface area contributed by atoms with Gasteiger partial charge in [0, 0.05) is 5.69 Å². The summed E-state index contributed by atoms with van der Waals surface area (Å²) in [5.74, 6) is -0.531. The largest absolute Gasteiger partial charge is 0.479 e. The van der Waals surface area contributed by atoms with E-state index in [4.69, 9.17) is 32.7 Å². The lowest BCUT2D eigenvalue weighted by Crippen LogP contribution is -2.30. The SMILES string of the molecule is CCOC(=O)c1cc(NC(=O)[C@H](C)Oc2ccccc2Cl)ccc1Cl. The van der Waals surface area contributed by atoms with Gasteiger partial charge < -0.3 is 14.8 Å². The summed E-state index contributed by atoms with van der Waals surface area (Å²) in [6.07, 6.45) is -0.790. The summed E-state index contributed by atoms with van der Waals surface area (Å²) in [5.41, 5.74) is 0.591. The molecule has 0 bridgehead atoms. The van der Waals surface area contributed by atoms with Gasteiger partial charge in [0.2, 0.25) is 0 Å². The summed E-state index contributed by atoms with van der Waals surface area (Å²) >= 11 is 12.0. The first-order valence-corrected chi connectivity index (χ1v) is 8.36. The van der Waals surface area contributed by atoms with Crippen molar-refractivity contribution < 1.29 is 19.1 Å². The van der Waals surface area contributed by atoms with Crippen LogP contribution in [0.5, 0.6) is 5.75 Å². The molecule has 0 unspecified atom stereocenters. The van der Waals surface area contributed by atoms with Crippen LogP contribution < -0.4 is 10.1 Å². The molecule has 0 heterocycles. The lowest BCUT2D eigenvalue weighted by molar-refractivity contribution is -0.122. The number of anilines is 1. The number of amides is 1. The van der Waals surface area contributed by atoms with E-state index in [-0.39, 0.29) is 17.2 Å². The third-order valence-electron chi connectivity index (χ3n) is 3.24. The number of ether oxygens (including phenoxy) is 2. The van der Waals surface area contributed by atoms with Gasteiger partial charge in [-0.25, -0.2) is 4.79 Å². The van der Waals surface area contributed by atoms with E-state index in [1.165, 1.54) is 12.1 Å². The van der Waals surface area contributed by atoms with Gasteiger partial charge in [0.25, 0.3) is 5.91 Å². The number of esters is 1. The average Bonchev–Trinajstić information content (AvgIpc) is 2.58. The number of nitrogens with one attached hydrogen (secondary N) is 1. The van der Waals surface area contributed by atoms with Gasteiger partial charge in [0.05, 0.1) is 22.2 Å². The smallest absolute Gasteiger partial charge is 0.339 e. The van der Waals surface area contributed by atoms with Crippen LogP contribution in [-0.2, 0) is 9.53 Å². The minimum atomic E-state index is -0.790. The zero-order valence-corrected chi connectivity index (χ0v) is 15.2. The molecule has 5 nitrogen and oxygen atoms in total. The Balaban J connectivity index is 2.08. The topological polar surface area (TPSA) is 64.6 Å². The number of para-hydroxylation sites is 1. The molecule has 2 aromatic carbocycles. The Morgan fingerprint density at radius 3 is 2.52 bits per heavy atom. The van der Waals surface area contributed by atoms with Gasteiger partial charge >= 0.3 is 5.97 Å². The first-order valence-electron chi connectivity index (χ1n) is 7.61. The molecule has 0 aliphatic heterocycles. The predicted octanol–water partition coefficient (Wildman–Crippen LogP) is 4.58. The van der Waals surface area contributed by atoms with E-state index in [1.54, 1.807) is 44.2 Å². The summed E-state index contributed by atoms with van der Waals surface area (Å²) in [7, 11) is 0. The molecule has 25 heavy (non-hydrogen) atoms. The summed E-state index contributed by atoms with van der Waals surface area (Å²) in [5, 5.41) is 3.33. The van der Waals surface area contributed by atoms with Gasteiger partial charge in [-0.05, 0) is 44.2 Å². The highest BCUT2D eigenvalue weighted by molar-refractivity contribution is 6.33. The Morgan fingerprint density at radius 2 is 1.84 bits per heavy atom. The average molecular weight is 382 g/mol. The first kappa shape index (κ1) is 19.1. The van der Waals surface area contributed by atoms with Crippen LogP contribution >= 0.6 is 23.2 Å². The molecule has 0 aromatic heterocycles. The van der Waals surface area contributed by atoms with Crippen molar-refractivity contribution in [2.75, 3.05) is 11.9 Å². The fourth-order valence-corrected chi connectivity index (χ4v) is 2.37. The maximum Gasteiger partial charge on any atom is 0.339 e. The predicted molar refractivity (Wildman–Crippen MR) is 97.6 cm³/mol. The maximum absolute atomic E-state index is 12.3. The highest BCUT2D eigenvalue weighted by atomic mass is 35.5. The lowest BCUT2D eigenvalue weighted by Gasteiger charge is -2.16. The van der Waals surface area contributed by atoms with E-state index < -0.39 is 18.0 Å². The number of carbonyl (C=O) groups is 2. The maximum atomic E-state index is 12.3. The van der Waals surface area contributed by atoms with Crippen molar-refractivity contribution in [3.63, 3.8) is 0 Å². The summed E-state index contributed by atoms with van der Waals surface area (Å²) in [6, 6.07) is 11.4. The van der Waals surface area contributed by atoms with Crippen molar-refractivity contribution in [3.8, 4) is 5.75 Å².